The summed E-state index contributed by atoms with van der Waals surface area (Å²) in [5, 5.41) is 13.9. The zero-order valence-corrected chi connectivity index (χ0v) is 16.3. The number of rotatable bonds is 4. The molecule has 5 rings (SSSR count). The van der Waals surface area contributed by atoms with Gasteiger partial charge in [-0.2, -0.15) is 0 Å². The molecule has 0 radical (unpaired) electrons. The van der Waals surface area contributed by atoms with Crippen LogP contribution in [0.1, 0.15) is 56.2 Å². The number of aliphatic hydroxyl groups is 1. The highest BCUT2D eigenvalue weighted by Crippen LogP contribution is 2.42. The van der Waals surface area contributed by atoms with Crippen LogP contribution in [0.15, 0.2) is 36.2 Å². The van der Waals surface area contributed by atoms with E-state index >= 15 is 0 Å². The predicted molar refractivity (Wildman–Crippen MR) is 113 cm³/mol. The molecular weight excluding hydrogens is 348 g/mol. The molecule has 1 aromatic carbocycles. The van der Waals surface area contributed by atoms with Crippen molar-refractivity contribution in [3.63, 3.8) is 0 Å². The first kappa shape index (κ1) is 17.5. The molecule has 0 atom stereocenters. The maximum atomic E-state index is 10.6. The van der Waals surface area contributed by atoms with Gasteiger partial charge in [-0.15, -0.1) is 0 Å². The zero-order chi connectivity index (χ0) is 18.9. The lowest BCUT2D eigenvalue weighted by molar-refractivity contribution is 0.381. The molecule has 1 saturated carbocycles. The van der Waals surface area contributed by atoms with Gasteiger partial charge in [-0.1, -0.05) is 12.8 Å². The highest BCUT2D eigenvalue weighted by molar-refractivity contribution is 5.72. The lowest BCUT2D eigenvalue weighted by Crippen LogP contribution is -2.17. The number of nitrogens with one attached hydrogen (secondary N) is 1. The molecule has 146 valence electrons. The average Bonchev–Trinajstić information content (AvgIpc) is 3.43. The Hall–Kier alpha value is -2.56. The van der Waals surface area contributed by atoms with Crippen LogP contribution in [0.2, 0.25) is 0 Å². The number of aryl methyl sites for hydroxylation is 1. The second kappa shape index (κ2) is 7.46. The van der Waals surface area contributed by atoms with Gasteiger partial charge in [0.1, 0.15) is 0 Å². The van der Waals surface area contributed by atoms with Crippen molar-refractivity contribution in [1.82, 2.24) is 9.97 Å². The van der Waals surface area contributed by atoms with Crippen LogP contribution in [-0.4, -0.2) is 28.2 Å². The van der Waals surface area contributed by atoms with Crippen LogP contribution in [0.5, 0.6) is 0 Å². The van der Waals surface area contributed by atoms with Gasteiger partial charge in [0, 0.05) is 42.7 Å². The number of benzene rings is 1. The molecule has 1 aromatic heterocycles. The Labute approximate surface area is 166 Å². The van der Waals surface area contributed by atoms with Crippen molar-refractivity contribution in [3.05, 3.63) is 47.5 Å². The number of allylic oxidation sites excluding steroid dienone is 2. The van der Waals surface area contributed by atoms with Crippen molar-refractivity contribution in [3.8, 4) is 0 Å². The Kier molecular flexibility index (Phi) is 4.67. The van der Waals surface area contributed by atoms with Crippen molar-refractivity contribution in [2.24, 2.45) is 5.92 Å². The fourth-order valence-corrected chi connectivity index (χ4v) is 4.91. The average molecular weight is 377 g/mol. The molecule has 0 bridgehead atoms. The van der Waals surface area contributed by atoms with Crippen molar-refractivity contribution in [1.29, 1.82) is 0 Å². The Morgan fingerprint density at radius 2 is 1.71 bits per heavy atom. The predicted octanol–water partition coefficient (Wildman–Crippen LogP) is 5.23. The van der Waals surface area contributed by atoms with E-state index < -0.39 is 0 Å². The molecule has 5 nitrogen and oxygen atoms in total. The Morgan fingerprint density at radius 1 is 0.964 bits per heavy atom. The van der Waals surface area contributed by atoms with Crippen molar-refractivity contribution < 1.29 is 5.11 Å². The first-order valence-electron chi connectivity index (χ1n) is 10.7. The topological polar surface area (TPSA) is 61.3 Å². The molecule has 2 heterocycles. The minimum atomic E-state index is 0.446. The minimum absolute atomic E-state index is 0.446. The number of fused-ring (bicyclic) bond motifs is 1. The fourth-order valence-electron chi connectivity index (χ4n) is 4.91. The lowest BCUT2D eigenvalue weighted by Gasteiger charge is -2.24. The molecule has 0 unspecified atom stereocenters. The smallest absolute Gasteiger partial charge is 0.227 e. The molecule has 2 aromatic rings. The number of hydrogen-bond acceptors (Lipinski definition) is 5. The summed E-state index contributed by atoms with van der Waals surface area (Å²) in [6.07, 6.45) is 10.8. The van der Waals surface area contributed by atoms with E-state index in [-0.39, 0.29) is 0 Å². The van der Waals surface area contributed by atoms with Gasteiger partial charge in [-0.05, 0) is 67.9 Å². The molecule has 3 aliphatic rings. The standard InChI is InChI=1S/C23H28N4O/c28-20-12-7-17-15-24-23(26-22(17)21(20)16-5-1-2-6-16)25-18-8-10-19(11-9-18)27-13-3-4-14-27/h8-11,15-16,28H,1-7,12-14H2,(H,24,25,26). The SMILES string of the molecule is OC1=C(C2CCCC2)c2nc(Nc3ccc(N4CCCC4)cc3)ncc2CC1. The fraction of sp³-hybridized carbons (Fsp3) is 0.478. The number of anilines is 3. The van der Waals surface area contributed by atoms with Gasteiger partial charge in [0.05, 0.1) is 11.5 Å². The molecule has 5 heteroatoms. The van der Waals surface area contributed by atoms with E-state index in [0.717, 1.165) is 54.9 Å². The van der Waals surface area contributed by atoms with Crippen LogP contribution in [0, 0.1) is 5.92 Å². The highest BCUT2D eigenvalue weighted by Gasteiger charge is 2.29. The van der Waals surface area contributed by atoms with Gasteiger partial charge in [0.15, 0.2) is 0 Å². The monoisotopic (exact) mass is 376 g/mol. The van der Waals surface area contributed by atoms with Crippen molar-refractivity contribution >= 4 is 22.9 Å². The molecule has 0 amide bonds. The second-order valence-electron chi connectivity index (χ2n) is 8.28. The molecule has 2 fully saturated rings. The van der Waals surface area contributed by atoms with E-state index in [1.54, 1.807) is 0 Å². The minimum Gasteiger partial charge on any atom is -0.512 e. The van der Waals surface area contributed by atoms with E-state index in [4.69, 9.17) is 4.98 Å². The van der Waals surface area contributed by atoms with Gasteiger partial charge < -0.3 is 15.3 Å². The first-order valence-corrected chi connectivity index (χ1v) is 10.7. The lowest BCUT2D eigenvalue weighted by atomic mass is 9.85. The first-order chi connectivity index (χ1) is 13.8. The van der Waals surface area contributed by atoms with E-state index in [9.17, 15) is 5.11 Å². The molecule has 2 N–H and O–H groups in total. The molecule has 28 heavy (non-hydrogen) atoms. The van der Waals surface area contributed by atoms with E-state index in [1.807, 2.05) is 6.20 Å². The summed E-state index contributed by atoms with van der Waals surface area (Å²) >= 11 is 0. The summed E-state index contributed by atoms with van der Waals surface area (Å²) < 4.78 is 0. The summed E-state index contributed by atoms with van der Waals surface area (Å²) in [5.74, 6) is 1.60. The number of nitrogens with zero attached hydrogens (tertiary/aromatic N) is 3. The third-order valence-corrected chi connectivity index (χ3v) is 6.42. The van der Waals surface area contributed by atoms with Gasteiger partial charge in [0.25, 0.3) is 0 Å². The maximum Gasteiger partial charge on any atom is 0.227 e. The number of hydrogen-bond donors (Lipinski definition) is 2. The largest absolute Gasteiger partial charge is 0.512 e. The van der Waals surface area contributed by atoms with Crippen molar-refractivity contribution in [2.45, 2.75) is 51.4 Å². The van der Waals surface area contributed by atoms with E-state index in [2.05, 4.69) is 39.5 Å². The molecule has 0 spiro atoms. The number of aromatic nitrogens is 2. The third-order valence-electron chi connectivity index (χ3n) is 6.42. The molecule has 2 aliphatic carbocycles. The van der Waals surface area contributed by atoms with Crippen molar-refractivity contribution in [2.75, 3.05) is 23.3 Å². The quantitative estimate of drug-likeness (QED) is 0.765. The van der Waals surface area contributed by atoms with E-state index in [1.165, 1.54) is 31.4 Å². The van der Waals surface area contributed by atoms with Gasteiger partial charge >= 0.3 is 0 Å². The third kappa shape index (κ3) is 3.34. The summed E-state index contributed by atoms with van der Waals surface area (Å²) in [4.78, 5) is 11.8. The van der Waals surface area contributed by atoms with Gasteiger partial charge in [-0.3, -0.25) is 0 Å². The molecule has 1 saturated heterocycles. The van der Waals surface area contributed by atoms with Gasteiger partial charge in [-0.25, -0.2) is 9.97 Å². The zero-order valence-electron chi connectivity index (χ0n) is 16.3. The Balaban J connectivity index is 1.38. The van der Waals surface area contributed by atoms with Crippen LogP contribution in [0.3, 0.4) is 0 Å². The van der Waals surface area contributed by atoms with E-state index in [0.29, 0.717) is 24.0 Å². The summed E-state index contributed by atoms with van der Waals surface area (Å²) in [5.41, 5.74) is 5.48. The highest BCUT2D eigenvalue weighted by atomic mass is 16.3. The Morgan fingerprint density at radius 3 is 2.46 bits per heavy atom. The summed E-state index contributed by atoms with van der Waals surface area (Å²) in [6.45, 7) is 2.31. The molecule has 1 aliphatic heterocycles. The molecular formula is C23H28N4O. The van der Waals surface area contributed by atoms with Crippen LogP contribution < -0.4 is 10.2 Å². The van der Waals surface area contributed by atoms with Crippen LogP contribution >= 0.6 is 0 Å². The number of aliphatic hydroxyl groups excluding tert-OH is 1. The van der Waals surface area contributed by atoms with Gasteiger partial charge in [0.2, 0.25) is 5.95 Å². The normalized spacial score (nSPS) is 19.9. The second-order valence-corrected chi connectivity index (χ2v) is 8.28. The maximum absolute atomic E-state index is 10.6. The van der Waals surface area contributed by atoms with Crippen LogP contribution in [0.25, 0.3) is 5.57 Å². The summed E-state index contributed by atoms with van der Waals surface area (Å²) in [7, 11) is 0. The Bertz CT molecular complexity index is 878. The summed E-state index contributed by atoms with van der Waals surface area (Å²) in [6, 6.07) is 8.53. The van der Waals surface area contributed by atoms with Crippen LogP contribution in [0.4, 0.5) is 17.3 Å². The van der Waals surface area contributed by atoms with Crippen LogP contribution in [-0.2, 0) is 6.42 Å².